The Balaban J connectivity index is 1.83. The van der Waals surface area contributed by atoms with E-state index >= 15 is 0 Å². The molecule has 202 valence electrons. The van der Waals surface area contributed by atoms with E-state index in [1.807, 2.05) is 11.8 Å². The Bertz CT molecular complexity index is 1430. The lowest BCUT2D eigenvalue weighted by molar-refractivity contribution is 0.0985. The van der Waals surface area contributed by atoms with Gasteiger partial charge in [0, 0.05) is 37.0 Å². The first-order chi connectivity index (χ1) is 17.9. The van der Waals surface area contributed by atoms with E-state index in [-0.39, 0.29) is 23.6 Å². The van der Waals surface area contributed by atoms with Crippen molar-refractivity contribution in [3.63, 3.8) is 0 Å². The molecule has 0 saturated carbocycles. The minimum absolute atomic E-state index is 0.0319. The first-order valence-electron chi connectivity index (χ1n) is 12.0. The van der Waals surface area contributed by atoms with Gasteiger partial charge in [0.05, 0.1) is 29.8 Å². The van der Waals surface area contributed by atoms with Gasteiger partial charge >= 0.3 is 6.03 Å². The van der Waals surface area contributed by atoms with Crippen molar-refractivity contribution in [1.29, 1.82) is 0 Å². The molecule has 1 fully saturated rings. The Hall–Kier alpha value is -3.64. The van der Waals surface area contributed by atoms with E-state index in [4.69, 9.17) is 9.72 Å². The van der Waals surface area contributed by atoms with Crippen molar-refractivity contribution in [2.45, 2.75) is 36.5 Å². The SMILES string of the molecule is CNC(=O)Nc1ccc(-c2nc(N3CCOC[C@@H]3C)cc(C(C)(C)S(=O)(=O)c3cc(F)cc(F)c3)n2)cc1. The number of carbonyl (C=O) groups is 1. The lowest BCUT2D eigenvalue weighted by atomic mass is 10.1. The number of nitrogens with zero attached hydrogens (tertiary/aromatic N) is 3. The summed E-state index contributed by atoms with van der Waals surface area (Å²) in [5.41, 5.74) is 1.29. The van der Waals surface area contributed by atoms with E-state index in [0.29, 0.717) is 42.9 Å². The van der Waals surface area contributed by atoms with Crippen molar-refractivity contribution in [3.8, 4) is 11.4 Å². The monoisotopic (exact) mass is 545 g/mol. The highest BCUT2D eigenvalue weighted by atomic mass is 32.2. The number of urea groups is 1. The highest BCUT2D eigenvalue weighted by Crippen LogP contribution is 2.37. The predicted molar refractivity (Wildman–Crippen MR) is 140 cm³/mol. The minimum Gasteiger partial charge on any atom is -0.377 e. The molecule has 2 N–H and O–H groups in total. The van der Waals surface area contributed by atoms with Gasteiger partial charge in [0.2, 0.25) is 0 Å². The highest BCUT2D eigenvalue weighted by molar-refractivity contribution is 7.92. The number of benzene rings is 2. The van der Waals surface area contributed by atoms with Crippen molar-refractivity contribution in [2.24, 2.45) is 0 Å². The number of anilines is 2. The number of morpholine rings is 1. The Morgan fingerprint density at radius 1 is 1.08 bits per heavy atom. The molecule has 0 bridgehead atoms. The van der Waals surface area contributed by atoms with Crippen molar-refractivity contribution in [1.82, 2.24) is 15.3 Å². The molecular weight excluding hydrogens is 516 g/mol. The van der Waals surface area contributed by atoms with Gasteiger partial charge in [-0.25, -0.2) is 32.0 Å². The number of amides is 2. The van der Waals surface area contributed by atoms with Gasteiger partial charge in [-0.05, 0) is 57.2 Å². The molecule has 0 aliphatic carbocycles. The second-order valence-corrected chi connectivity index (χ2v) is 12.0. The van der Waals surface area contributed by atoms with Gasteiger partial charge in [0.25, 0.3) is 0 Å². The van der Waals surface area contributed by atoms with Crippen molar-refractivity contribution in [3.05, 3.63) is 65.9 Å². The maximum absolute atomic E-state index is 13.9. The van der Waals surface area contributed by atoms with Crippen molar-refractivity contribution < 1.29 is 26.7 Å². The van der Waals surface area contributed by atoms with Crippen LogP contribution >= 0.6 is 0 Å². The molecule has 1 aliphatic rings. The number of carbonyl (C=O) groups excluding carboxylic acids is 1. The van der Waals surface area contributed by atoms with Gasteiger partial charge in [0.15, 0.2) is 15.7 Å². The van der Waals surface area contributed by atoms with E-state index in [0.717, 1.165) is 12.1 Å². The maximum Gasteiger partial charge on any atom is 0.318 e. The third-order valence-corrected chi connectivity index (χ3v) is 8.85. The molecule has 12 heteroatoms. The summed E-state index contributed by atoms with van der Waals surface area (Å²) in [7, 11) is -2.78. The van der Waals surface area contributed by atoms with E-state index in [1.54, 1.807) is 30.3 Å². The molecule has 4 rings (SSSR count). The average molecular weight is 546 g/mol. The molecule has 0 unspecified atom stereocenters. The summed E-state index contributed by atoms with van der Waals surface area (Å²) in [6, 6.07) is 10.2. The van der Waals surface area contributed by atoms with E-state index in [1.165, 1.54) is 20.9 Å². The zero-order valence-electron chi connectivity index (χ0n) is 21.5. The average Bonchev–Trinajstić information content (AvgIpc) is 2.88. The van der Waals surface area contributed by atoms with E-state index < -0.39 is 31.1 Å². The molecular formula is C26H29F2N5O4S. The number of hydrogen-bond donors (Lipinski definition) is 2. The van der Waals surface area contributed by atoms with E-state index in [9.17, 15) is 22.0 Å². The summed E-state index contributed by atoms with van der Waals surface area (Å²) in [5.74, 6) is -1.22. The lowest BCUT2D eigenvalue weighted by Crippen LogP contribution is -2.44. The topological polar surface area (TPSA) is 114 Å². The standard InChI is InChI=1S/C26H29F2N5O4S/c1-16-15-37-10-9-33(16)23-14-22(26(2,3)38(35,36)21-12-18(27)11-19(28)13-21)31-24(32-23)17-5-7-20(8-6-17)30-25(34)29-4/h5-8,11-14,16H,9-10,15H2,1-4H3,(H2,29,30,34)/t16-/m0/s1. The van der Waals surface area contributed by atoms with Gasteiger partial charge in [0.1, 0.15) is 22.2 Å². The number of aromatic nitrogens is 2. The van der Waals surface area contributed by atoms with Crippen LogP contribution in [-0.4, -0.2) is 57.3 Å². The number of hydrogen-bond acceptors (Lipinski definition) is 7. The first kappa shape index (κ1) is 27.4. The first-order valence-corrected chi connectivity index (χ1v) is 13.4. The molecule has 1 aromatic heterocycles. The third-order valence-electron chi connectivity index (χ3n) is 6.44. The Kier molecular flexibility index (Phi) is 7.65. The Morgan fingerprint density at radius 2 is 1.74 bits per heavy atom. The molecule has 1 atom stereocenters. The Morgan fingerprint density at radius 3 is 2.34 bits per heavy atom. The molecule has 2 heterocycles. The quantitative estimate of drug-likeness (QED) is 0.479. The smallest absolute Gasteiger partial charge is 0.318 e. The number of rotatable bonds is 6. The zero-order chi connectivity index (χ0) is 27.7. The fraction of sp³-hybridized carbons (Fsp3) is 0.346. The zero-order valence-corrected chi connectivity index (χ0v) is 22.3. The van der Waals surface area contributed by atoms with Crippen LogP contribution in [0.4, 0.5) is 25.1 Å². The molecule has 2 amide bonds. The van der Waals surface area contributed by atoms with Gasteiger partial charge in [-0.15, -0.1) is 0 Å². The summed E-state index contributed by atoms with van der Waals surface area (Å²) in [4.78, 5) is 22.5. The number of nitrogens with one attached hydrogen (secondary N) is 2. The van der Waals surface area contributed by atoms with Gasteiger partial charge in [-0.1, -0.05) is 0 Å². The van der Waals surface area contributed by atoms with Crippen LogP contribution in [0.25, 0.3) is 11.4 Å². The summed E-state index contributed by atoms with van der Waals surface area (Å²) in [5, 5.41) is 5.14. The molecule has 38 heavy (non-hydrogen) atoms. The molecule has 3 aromatic rings. The van der Waals surface area contributed by atoms with Crippen LogP contribution < -0.4 is 15.5 Å². The van der Waals surface area contributed by atoms with Gasteiger partial charge in [-0.2, -0.15) is 0 Å². The van der Waals surface area contributed by atoms with Crippen molar-refractivity contribution >= 4 is 27.4 Å². The fourth-order valence-electron chi connectivity index (χ4n) is 4.10. The summed E-state index contributed by atoms with van der Waals surface area (Å²) in [6.07, 6.45) is 0. The maximum atomic E-state index is 13.9. The second-order valence-electron chi connectivity index (χ2n) is 9.45. The van der Waals surface area contributed by atoms with Crippen LogP contribution in [-0.2, 0) is 19.3 Å². The summed E-state index contributed by atoms with van der Waals surface area (Å²) >= 11 is 0. The van der Waals surface area contributed by atoms with Crippen LogP contribution in [0.3, 0.4) is 0 Å². The molecule has 1 aliphatic heterocycles. The van der Waals surface area contributed by atoms with E-state index in [2.05, 4.69) is 15.6 Å². The lowest BCUT2D eigenvalue weighted by Gasteiger charge is -2.35. The second kappa shape index (κ2) is 10.6. The fourth-order valence-corrected chi connectivity index (χ4v) is 5.60. The van der Waals surface area contributed by atoms with Crippen LogP contribution in [0, 0.1) is 11.6 Å². The largest absolute Gasteiger partial charge is 0.377 e. The van der Waals surface area contributed by atoms with Crippen LogP contribution in [0.5, 0.6) is 0 Å². The van der Waals surface area contributed by atoms with Crippen LogP contribution in [0.1, 0.15) is 26.5 Å². The molecule has 0 radical (unpaired) electrons. The predicted octanol–water partition coefficient (Wildman–Crippen LogP) is 4.11. The number of halogens is 2. The normalized spacial score (nSPS) is 16.3. The highest BCUT2D eigenvalue weighted by Gasteiger charge is 2.40. The van der Waals surface area contributed by atoms with Gasteiger partial charge in [-0.3, -0.25) is 0 Å². The molecule has 2 aromatic carbocycles. The number of sulfone groups is 1. The number of ether oxygens (including phenoxy) is 1. The van der Waals surface area contributed by atoms with Crippen LogP contribution in [0.2, 0.25) is 0 Å². The Labute approximate surface area is 220 Å². The van der Waals surface area contributed by atoms with Gasteiger partial charge < -0.3 is 20.3 Å². The third kappa shape index (κ3) is 5.46. The molecule has 0 spiro atoms. The van der Waals surface area contributed by atoms with Crippen LogP contribution in [0.15, 0.2) is 53.4 Å². The summed E-state index contributed by atoms with van der Waals surface area (Å²) < 4.78 is 59.1. The molecule has 1 saturated heterocycles. The molecule has 9 nitrogen and oxygen atoms in total. The minimum atomic E-state index is -4.29. The summed E-state index contributed by atoms with van der Waals surface area (Å²) in [6.45, 7) is 6.34. The van der Waals surface area contributed by atoms with Crippen molar-refractivity contribution in [2.75, 3.05) is 37.0 Å².